The highest BCUT2D eigenvalue weighted by Gasteiger charge is 2.17. The van der Waals surface area contributed by atoms with Gasteiger partial charge in [-0.3, -0.25) is 4.79 Å². The quantitative estimate of drug-likeness (QED) is 0.473. The maximum atomic E-state index is 10.8. The lowest BCUT2D eigenvalue weighted by atomic mass is 10.3. The van der Waals surface area contributed by atoms with E-state index in [2.05, 4.69) is 4.74 Å². The predicted molar refractivity (Wildman–Crippen MR) is 42.8 cm³/mol. The molecule has 0 fully saturated rings. The van der Waals surface area contributed by atoms with Crippen LogP contribution in [0.25, 0.3) is 0 Å². The van der Waals surface area contributed by atoms with E-state index in [9.17, 15) is 18.0 Å². The molecule has 7 heteroatoms. The third-order valence-corrected chi connectivity index (χ3v) is 1.73. The predicted octanol–water partition coefficient (Wildman–Crippen LogP) is -0.924. The van der Waals surface area contributed by atoms with Crippen LogP contribution in [-0.2, 0) is 24.6 Å². The van der Waals surface area contributed by atoms with Crippen molar-refractivity contribution in [3.8, 4) is 0 Å². The number of hydrogen-bond donors (Lipinski definition) is 1. The molecule has 0 amide bonds. The number of carbonyl (C=O) groups excluding carboxylic acids is 1. The lowest BCUT2D eigenvalue weighted by molar-refractivity contribution is -0.138. The summed E-state index contributed by atoms with van der Waals surface area (Å²) in [5, 5.41) is 8.25. The Morgan fingerprint density at radius 3 is 2.23 bits per heavy atom. The third kappa shape index (κ3) is 4.26. The molecule has 0 spiro atoms. The fourth-order valence-corrected chi connectivity index (χ4v) is 0.984. The molecule has 0 radical (unpaired) electrons. The van der Waals surface area contributed by atoms with Crippen LogP contribution in [0.5, 0.6) is 0 Å². The van der Waals surface area contributed by atoms with Crippen molar-refractivity contribution >= 4 is 27.1 Å². The van der Waals surface area contributed by atoms with Crippen molar-refractivity contribution in [2.75, 3.05) is 6.61 Å². The molecule has 0 aliphatic carbocycles. The normalized spacial score (nSPS) is 9.00. The first-order chi connectivity index (χ1) is 5.99. The average molecular weight is 208 g/mol. The van der Waals surface area contributed by atoms with Crippen molar-refractivity contribution in [1.29, 1.82) is 0 Å². The van der Waals surface area contributed by atoms with Gasteiger partial charge in [0.15, 0.2) is 4.86 Å². The SMILES string of the molecule is CCOC(=O)C(CC(=O)O)=S(=O)=O. The molecule has 0 unspecified atom stereocenters. The lowest BCUT2D eigenvalue weighted by Gasteiger charge is -1.98. The Morgan fingerprint density at radius 1 is 1.38 bits per heavy atom. The molecule has 13 heavy (non-hydrogen) atoms. The minimum absolute atomic E-state index is 0.000841. The maximum absolute atomic E-state index is 10.8. The summed E-state index contributed by atoms with van der Waals surface area (Å²) < 4.78 is 25.0. The molecule has 0 rings (SSSR count). The van der Waals surface area contributed by atoms with Gasteiger partial charge in [-0.25, -0.2) is 4.79 Å². The van der Waals surface area contributed by atoms with Crippen LogP contribution in [0, 0.1) is 0 Å². The molecule has 0 aliphatic heterocycles. The molecule has 0 saturated heterocycles. The van der Waals surface area contributed by atoms with Crippen LogP contribution >= 0.6 is 0 Å². The maximum Gasteiger partial charge on any atom is 0.350 e. The van der Waals surface area contributed by atoms with Crippen LogP contribution in [0.1, 0.15) is 13.3 Å². The van der Waals surface area contributed by atoms with E-state index in [4.69, 9.17) is 5.11 Å². The molecule has 0 aromatic heterocycles. The third-order valence-electron chi connectivity index (χ3n) is 1.02. The van der Waals surface area contributed by atoms with Gasteiger partial charge in [-0.1, -0.05) is 0 Å². The zero-order valence-corrected chi connectivity index (χ0v) is 7.63. The molecule has 74 valence electrons. The summed E-state index contributed by atoms with van der Waals surface area (Å²) in [6.45, 7) is 1.49. The Labute approximate surface area is 75.7 Å². The van der Waals surface area contributed by atoms with Crippen molar-refractivity contribution in [2.24, 2.45) is 0 Å². The van der Waals surface area contributed by atoms with Crippen molar-refractivity contribution in [1.82, 2.24) is 0 Å². The second-order valence-corrected chi connectivity index (χ2v) is 2.91. The van der Waals surface area contributed by atoms with Gasteiger partial charge in [0.2, 0.25) is 10.3 Å². The fourth-order valence-electron chi connectivity index (χ4n) is 0.548. The van der Waals surface area contributed by atoms with Crippen molar-refractivity contribution < 1.29 is 27.9 Å². The Kier molecular flexibility index (Phi) is 4.75. The summed E-state index contributed by atoms with van der Waals surface area (Å²) in [6, 6.07) is 0. The first kappa shape index (κ1) is 11.6. The minimum atomic E-state index is -2.84. The summed E-state index contributed by atoms with van der Waals surface area (Å²) in [5.41, 5.74) is 0. The van der Waals surface area contributed by atoms with Gasteiger partial charge in [0.05, 0.1) is 13.0 Å². The standard InChI is InChI=1S/C6H8O6S/c1-2-12-6(9)4(13(10)11)3-5(7)8/h2-3H2,1H3,(H,7,8). The Morgan fingerprint density at radius 2 is 1.92 bits per heavy atom. The fraction of sp³-hybridized carbons (Fsp3) is 0.500. The van der Waals surface area contributed by atoms with Crippen molar-refractivity contribution in [3.05, 3.63) is 0 Å². The second-order valence-electron chi connectivity index (χ2n) is 1.95. The number of rotatable bonds is 4. The summed E-state index contributed by atoms with van der Waals surface area (Å²) in [5.74, 6) is -2.51. The molecule has 0 heterocycles. The highest BCUT2D eigenvalue weighted by molar-refractivity contribution is 7.74. The summed E-state index contributed by atoms with van der Waals surface area (Å²) >= 11 is 0. The number of hydrogen-bond acceptors (Lipinski definition) is 5. The van der Waals surface area contributed by atoms with E-state index in [1.807, 2.05) is 0 Å². The van der Waals surface area contributed by atoms with Crippen LogP contribution in [-0.4, -0.2) is 36.9 Å². The van der Waals surface area contributed by atoms with Gasteiger partial charge in [-0.2, -0.15) is 8.42 Å². The lowest BCUT2D eigenvalue weighted by Crippen LogP contribution is -2.21. The molecule has 0 aliphatic rings. The van der Waals surface area contributed by atoms with Crippen molar-refractivity contribution in [2.45, 2.75) is 13.3 Å². The van der Waals surface area contributed by atoms with Gasteiger partial charge in [0.1, 0.15) is 0 Å². The van der Waals surface area contributed by atoms with E-state index in [0.29, 0.717) is 0 Å². The Bertz CT molecular complexity index is 330. The van der Waals surface area contributed by atoms with Gasteiger partial charge < -0.3 is 9.84 Å². The van der Waals surface area contributed by atoms with E-state index in [0.717, 1.165) is 0 Å². The van der Waals surface area contributed by atoms with Gasteiger partial charge >= 0.3 is 11.9 Å². The Hall–Kier alpha value is -1.37. The monoisotopic (exact) mass is 208 g/mol. The first-order valence-electron chi connectivity index (χ1n) is 3.33. The van der Waals surface area contributed by atoms with Gasteiger partial charge in [-0.05, 0) is 6.92 Å². The van der Waals surface area contributed by atoms with Gasteiger partial charge in [0, 0.05) is 0 Å². The van der Waals surface area contributed by atoms with Crippen LogP contribution in [0.2, 0.25) is 0 Å². The zero-order chi connectivity index (χ0) is 10.4. The van der Waals surface area contributed by atoms with Crippen LogP contribution in [0.15, 0.2) is 0 Å². The van der Waals surface area contributed by atoms with E-state index in [1.54, 1.807) is 0 Å². The molecular formula is C6H8O6S. The molecule has 6 nitrogen and oxygen atoms in total. The highest BCUT2D eigenvalue weighted by atomic mass is 32.2. The largest absolute Gasteiger partial charge is 0.481 e. The number of carbonyl (C=O) groups is 2. The molecule has 0 aromatic rings. The molecular weight excluding hydrogens is 200 g/mol. The summed E-state index contributed by atoms with van der Waals surface area (Å²) in [7, 11) is -2.84. The zero-order valence-electron chi connectivity index (χ0n) is 6.81. The summed E-state index contributed by atoms with van der Waals surface area (Å²) in [6.07, 6.45) is -0.852. The molecule has 0 saturated carbocycles. The van der Waals surface area contributed by atoms with Crippen LogP contribution < -0.4 is 0 Å². The van der Waals surface area contributed by atoms with Crippen LogP contribution in [0.4, 0.5) is 0 Å². The highest BCUT2D eigenvalue weighted by Crippen LogP contribution is 1.89. The molecule has 0 atom stereocenters. The number of ether oxygens (including phenoxy) is 1. The number of carboxylic acid groups (broad SMARTS) is 1. The van der Waals surface area contributed by atoms with E-state index >= 15 is 0 Å². The average Bonchev–Trinajstić information content (AvgIpc) is 1.99. The molecule has 0 bridgehead atoms. The van der Waals surface area contributed by atoms with E-state index < -0.39 is 33.5 Å². The number of esters is 1. The van der Waals surface area contributed by atoms with Gasteiger partial charge in [-0.15, -0.1) is 0 Å². The smallest absolute Gasteiger partial charge is 0.350 e. The first-order valence-corrected chi connectivity index (χ1v) is 4.40. The van der Waals surface area contributed by atoms with E-state index in [1.165, 1.54) is 6.92 Å². The van der Waals surface area contributed by atoms with Crippen LogP contribution in [0.3, 0.4) is 0 Å². The minimum Gasteiger partial charge on any atom is -0.481 e. The molecule has 0 aromatic carbocycles. The van der Waals surface area contributed by atoms with Gasteiger partial charge in [0.25, 0.3) is 0 Å². The Balaban J connectivity index is 4.76. The number of aliphatic carboxylic acids is 1. The topological polar surface area (TPSA) is 97.7 Å². The number of carboxylic acids is 1. The summed E-state index contributed by atoms with van der Waals surface area (Å²) in [4.78, 5) is 20.2. The second kappa shape index (κ2) is 5.31. The van der Waals surface area contributed by atoms with E-state index in [-0.39, 0.29) is 6.61 Å². The molecule has 1 N–H and O–H groups in total. The van der Waals surface area contributed by atoms with Crippen molar-refractivity contribution in [3.63, 3.8) is 0 Å².